The zero-order valence-electron chi connectivity index (χ0n) is 13.4. The van der Waals surface area contributed by atoms with E-state index in [9.17, 15) is 12.8 Å². The topological polar surface area (TPSA) is 49.4 Å². The molecule has 0 aromatic heterocycles. The fraction of sp³-hybridized carbons (Fsp3) is 0.294. The Bertz CT molecular complexity index is 769. The van der Waals surface area contributed by atoms with Gasteiger partial charge in [-0.25, -0.2) is 17.5 Å². The highest BCUT2D eigenvalue weighted by atomic mass is 35.5. The first kappa shape index (κ1) is 18.9. The highest BCUT2D eigenvalue weighted by Gasteiger charge is 2.20. The van der Waals surface area contributed by atoms with Gasteiger partial charge in [0.1, 0.15) is 4.90 Å². The van der Waals surface area contributed by atoms with Crippen LogP contribution in [0.5, 0.6) is 0 Å². The SMILES string of the molecule is CN(CCCNS(=O)(=O)c1cccc(Cl)c1F)Cc1ccccc1. The monoisotopic (exact) mass is 370 g/mol. The molecule has 0 fully saturated rings. The van der Waals surface area contributed by atoms with E-state index in [1.807, 2.05) is 37.4 Å². The molecule has 7 heteroatoms. The first-order valence-electron chi connectivity index (χ1n) is 7.56. The smallest absolute Gasteiger partial charge is 0.243 e. The summed E-state index contributed by atoms with van der Waals surface area (Å²) in [6.07, 6.45) is 0.616. The predicted octanol–water partition coefficient (Wildman–Crippen LogP) is 3.28. The Kier molecular flexibility index (Phi) is 6.74. The second-order valence-corrected chi connectivity index (χ2v) is 7.67. The third-order valence-electron chi connectivity index (χ3n) is 3.51. The van der Waals surface area contributed by atoms with Crippen molar-refractivity contribution >= 4 is 21.6 Å². The van der Waals surface area contributed by atoms with Crippen LogP contribution in [0.25, 0.3) is 0 Å². The van der Waals surface area contributed by atoms with Crippen molar-refractivity contribution in [2.75, 3.05) is 20.1 Å². The number of sulfonamides is 1. The summed E-state index contributed by atoms with van der Waals surface area (Å²) in [6, 6.07) is 13.9. The van der Waals surface area contributed by atoms with E-state index in [-0.39, 0.29) is 11.6 Å². The normalized spacial score (nSPS) is 11.8. The minimum Gasteiger partial charge on any atom is -0.302 e. The van der Waals surface area contributed by atoms with Crippen molar-refractivity contribution in [1.29, 1.82) is 0 Å². The summed E-state index contributed by atoms with van der Waals surface area (Å²) in [4.78, 5) is 1.68. The Morgan fingerprint density at radius 3 is 2.54 bits per heavy atom. The van der Waals surface area contributed by atoms with E-state index < -0.39 is 20.7 Å². The average Bonchev–Trinajstić information content (AvgIpc) is 2.55. The minimum absolute atomic E-state index is 0.208. The van der Waals surface area contributed by atoms with Crippen molar-refractivity contribution in [1.82, 2.24) is 9.62 Å². The van der Waals surface area contributed by atoms with Gasteiger partial charge in [-0.15, -0.1) is 0 Å². The number of hydrogen-bond donors (Lipinski definition) is 1. The molecule has 0 atom stereocenters. The molecule has 0 saturated carbocycles. The number of halogens is 2. The van der Waals surface area contributed by atoms with Gasteiger partial charge >= 0.3 is 0 Å². The van der Waals surface area contributed by atoms with Crippen LogP contribution in [-0.2, 0) is 16.6 Å². The molecule has 0 aliphatic heterocycles. The number of nitrogens with zero attached hydrogens (tertiary/aromatic N) is 1. The molecular formula is C17H20ClFN2O2S. The van der Waals surface area contributed by atoms with Gasteiger partial charge < -0.3 is 4.90 Å². The number of benzene rings is 2. The van der Waals surface area contributed by atoms with Crippen LogP contribution in [0, 0.1) is 5.82 Å². The van der Waals surface area contributed by atoms with Crippen LogP contribution in [0.2, 0.25) is 5.02 Å². The number of rotatable bonds is 8. The van der Waals surface area contributed by atoms with Crippen LogP contribution >= 0.6 is 11.6 Å². The lowest BCUT2D eigenvalue weighted by Gasteiger charge is -2.16. The summed E-state index contributed by atoms with van der Waals surface area (Å²) in [5.41, 5.74) is 1.20. The molecule has 0 saturated heterocycles. The quantitative estimate of drug-likeness (QED) is 0.725. The molecule has 0 amide bonds. The zero-order chi connectivity index (χ0) is 17.6. The second kappa shape index (κ2) is 8.58. The Labute approximate surface area is 147 Å². The number of nitrogens with one attached hydrogen (secondary N) is 1. The molecule has 0 spiro atoms. The molecule has 0 radical (unpaired) electrons. The van der Waals surface area contributed by atoms with Gasteiger partial charge in [-0.3, -0.25) is 0 Å². The molecule has 2 aromatic carbocycles. The molecule has 0 aliphatic carbocycles. The summed E-state index contributed by atoms with van der Waals surface area (Å²) in [5, 5.41) is -0.208. The molecule has 4 nitrogen and oxygen atoms in total. The third kappa shape index (κ3) is 5.27. The van der Waals surface area contributed by atoms with Gasteiger partial charge in [-0.2, -0.15) is 0 Å². The fourth-order valence-corrected chi connectivity index (χ4v) is 3.70. The summed E-state index contributed by atoms with van der Waals surface area (Å²) in [7, 11) is -1.93. The van der Waals surface area contributed by atoms with E-state index >= 15 is 0 Å². The Morgan fingerprint density at radius 2 is 1.83 bits per heavy atom. The van der Waals surface area contributed by atoms with Gasteiger partial charge in [-0.1, -0.05) is 48.0 Å². The van der Waals surface area contributed by atoms with Crippen LogP contribution < -0.4 is 4.72 Å². The Hall–Kier alpha value is -1.47. The molecule has 1 N–H and O–H groups in total. The van der Waals surface area contributed by atoms with Crippen molar-refractivity contribution in [2.24, 2.45) is 0 Å². The Balaban J connectivity index is 1.82. The molecule has 24 heavy (non-hydrogen) atoms. The van der Waals surface area contributed by atoms with E-state index in [4.69, 9.17) is 11.6 Å². The second-order valence-electron chi connectivity index (χ2n) is 5.53. The van der Waals surface area contributed by atoms with E-state index in [0.717, 1.165) is 13.1 Å². The fourth-order valence-electron chi connectivity index (χ4n) is 2.30. The zero-order valence-corrected chi connectivity index (χ0v) is 14.9. The number of hydrogen-bond acceptors (Lipinski definition) is 3. The van der Waals surface area contributed by atoms with Gasteiger partial charge in [-0.05, 0) is 37.7 Å². The largest absolute Gasteiger partial charge is 0.302 e. The Morgan fingerprint density at radius 1 is 1.12 bits per heavy atom. The highest BCUT2D eigenvalue weighted by molar-refractivity contribution is 7.89. The summed E-state index contributed by atoms with van der Waals surface area (Å²) < 4.78 is 40.5. The molecule has 0 heterocycles. The van der Waals surface area contributed by atoms with Crippen molar-refractivity contribution in [2.45, 2.75) is 17.9 Å². The van der Waals surface area contributed by atoms with Crippen molar-refractivity contribution in [3.8, 4) is 0 Å². The van der Waals surface area contributed by atoms with Gasteiger partial charge in [0.15, 0.2) is 5.82 Å². The lowest BCUT2D eigenvalue weighted by atomic mass is 10.2. The van der Waals surface area contributed by atoms with Gasteiger partial charge in [0.2, 0.25) is 10.0 Å². The summed E-state index contributed by atoms with van der Waals surface area (Å²) in [5.74, 6) is -0.923. The maximum atomic E-state index is 13.8. The van der Waals surface area contributed by atoms with Crippen LogP contribution in [0.4, 0.5) is 4.39 Å². The van der Waals surface area contributed by atoms with Crippen LogP contribution in [0.3, 0.4) is 0 Å². The van der Waals surface area contributed by atoms with Crippen LogP contribution in [0.1, 0.15) is 12.0 Å². The van der Waals surface area contributed by atoms with Crippen LogP contribution in [-0.4, -0.2) is 33.5 Å². The van der Waals surface area contributed by atoms with E-state index in [2.05, 4.69) is 9.62 Å². The summed E-state index contributed by atoms with van der Waals surface area (Å²) in [6.45, 7) is 1.74. The van der Waals surface area contributed by atoms with Crippen molar-refractivity contribution in [3.05, 3.63) is 64.9 Å². The predicted molar refractivity (Wildman–Crippen MR) is 94.0 cm³/mol. The highest BCUT2D eigenvalue weighted by Crippen LogP contribution is 2.21. The van der Waals surface area contributed by atoms with E-state index in [1.54, 1.807) is 0 Å². The lowest BCUT2D eigenvalue weighted by molar-refractivity contribution is 0.322. The van der Waals surface area contributed by atoms with Gasteiger partial charge in [0.25, 0.3) is 0 Å². The third-order valence-corrected chi connectivity index (χ3v) is 5.28. The molecule has 2 aromatic rings. The van der Waals surface area contributed by atoms with Crippen LogP contribution in [0.15, 0.2) is 53.4 Å². The average molecular weight is 371 g/mol. The van der Waals surface area contributed by atoms with E-state index in [0.29, 0.717) is 6.42 Å². The molecule has 2 rings (SSSR count). The first-order valence-corrected chi connectivity index (χ1v) is 9.42. The molecule has 0 unspecified atom stereocenters. The van der Waals surface area contributed by atoms with Gasteiger partial charge in [0.05, 0.1) is 5.02 Å². The van der Waals surface area contributed by atoms with Crippen molar-refractivity contribution in [3.63, 3.8) is 0 Å². The maximum Gasteiger partial charge on any atom is 0.243 e. The molecule has 130 valence electrons. The first-order chi connectivity index (χ1) is 11.4. The van der Waals surface area contributed by atoms with Crippen molar-refractivity contribution < 1.29 is 12.8 Å². The summed E-state index contributed by atoms with van der Waals surface area (Å²) >= 11 is 5.63. The van der Waals surface area contributed by atoms with E-state index in [1.165, 1.54) is 23.8 Å². The lowest BCUT2D eigenvalue weighted by Crippen LogP contribution is -2.28. The molecule has 0 bridgehead atoms. The maximum absolute atomic E-state index is 13.8. The van der Waals surface area contributed by atoms with Gasteiger partial charge in [0, 0.05) is 13.1 Å². The minimum atomic E-state index is -3.90. The standard InChI is InChI=1S/C17H20ClFN2O2S/c1-21(13-14-7-3-2-4-8-14)12-6-11-20-24(22,23)16-10-5-9-15(18)17(16)19/h2-5,7-10,20H,6,11-13H2,1H3. The molecule has 0 aliphatic rings. The molecular weight excluding hydrogens is 351 g/mol.